The standard InChI is InChI=1S/C28H26F3NO10/c1-10-21(34)15(32-26(39)28(29,30)31)7-17(41-10)42-16-9-27(40,11(2)33)8-14-18(16)25(38)20-19(24(14)37)22(35)12-5-3-4-6-13(12)23(20)36/h3-6,10,15-17,21,34,37-38,40H,7-9H2,1-2H3,(H,32,39)/t10?,15?,16-,17-,21+,27-/m0/s1. The van der Waals surface area contributed by atoms with E-state index in [2.05, 4.69) is 0 Å². The Kier molecular flexibility index (Phi) is 7.16. The molecule has 3 aliphatic rings. The third kappa shape index (κ3) is 4.73. The van der Waals surface area contributed by atoms with Crippen LogP contribution in [0.25, 0.3) is 0 Å². The lowest BCUT2D eigenvalue weighted by molar-refractivity contribution is -0.250. The average molecular weight is 594 g/mol. The molecule has 42 heavy (non-hydrogen) atoms. The second kappa shape index (κ2) is 10.2. The highest BCUT2D eigenvalue weighted by Crippen LogP contribution is 2.52. The molecule has 224 valence electrons. The number of Topliss-reactive ketones (excluding diaryl/α,β-unsaturated/α-hetero) is 1. The molecule has 2 aromatic rings. The highest BCUT2D eigenvalue weighted by Gasteiger charge is 2.50. The Morgan fingerprint density at radius 3 is 2.19 bits per heavy atom. The van der Waals surface area contributed by atoms with Crippen LogP contribution in [0.1, 0.15) is 75.8 Å². The Morgan fingerprint density at radius 1 is 1.07 bits per heavy atom. The number of aliphatic hydroxyl groups is 2. The maximum Gasteiger partial charge on any atom is 0.471 e. The topological polar surface area (TPSA) is 180 Å². The molecular formula is C28H26F3NO10. The number of amides is 1. The van der Waals surface area contributed by atoms with Gasteiger partial charge in [0.05, 0.1) is 29.4 Å². The Morgan fingerprint density at radius 2 is 1.64 bits per heavy atom. The van der Waals surface area contributed by atoms with Crippen LogP contribution in [0.4, 0.5) is 13.2 Å². The highest BCUT2D eigenvalue weighted by atomic mass is 19.4. The number of halogens is 3. The molecule has 1 aliphatic heterocycles. The molecule has 0 aromatic heterocycles. The van der Waals surface area contributed by atoms with Crippen LogP contribution < -0.4 is 5.32 Å². The van der Waals surface area contributed by atoms with E-state index in [0.717, 1.165) is 6.92 Å². The van der Waals surface area contributed by atoms with Gasteiger partial charge in [-0.15, -0.1) is 0 Å². The van der Waals surface area contributed by atoms with Crippen molar-refractivity contribution in [2.24, 2.45) is 0 Å². The molecule has 0 spiro atoms. The van der Waals surface area contributed by atoms with Crippen molar-refractivity contribution < 1.29 is 62.2 Å². The third-order valence-electron chi connectivity index (χ3n) is 8.03. The summed E-state index contributed by atoms with van der Waals surface area (Å²) >= 11 is 0. The Hall–Kier alpha value is -3.85. The molecule has 0 saturated carbocycles. The number of carbonyl (C=O) groups is 4. The van der Waals surface area contributed by atoms with Crippen molar-refractivity contribution in [1.29, 1.82) is 0 Å². The van der Waals surface area contributed by atoms with Crippen molar-refractivity contribution in [2.75, 3.05) is 0 Å². The molecule has 2 aliphatic carbocycles. The number of hydrogen-bond acceptors (Lipinski definition) is 10. The fraction of sp³-hybridized carbons (Fsp3) is 0.429. The minimum atomic E-state index is -5.23. The molecule has 2 aromatic carbocycles. The summed E-state index contributed by atoms with van der Waals surface area (Å²) < 4.78 is 50.1. The Labute approximate surface area is 235 Å². The first-order valence-corrected chi connectivity index (χ1v) is 12.9. The lowest BCUT2D eigenvalue weighted by atomic mass is 9.72. The number of phenols is 2. The normalized spacial score (nSPS) is 28.9. The molecule has 1 fully saturated rings. The van der Waals surface area contributed by atoms with Crippen LogP contribution in [-0.4, -0.2) is 80.0 Å². The average Bonchev–Trinajstić information content (AvgIpc) is 2.91. The summed E-state index contributed by atoms with van der Waals surface area (Å²) in [5, 5.41) is 45.9. The summed E-state index contributed by atoms with van der Waals surface area (Å²) in [4.78, 5) is 50.8. The number of carbonyl (C=O) groups excluding carboxylic acids is 4. The van der Waals surface area contributed by atoms with Gasteiger partial charge in [-0.3, -0.25) is 19.2 Å². The molecule has 6 atom stereocenters. The molecule has 5 N–H and O–H groups in total. The first kappa shape index (κ1) is 29.6. The smallest absolute Gasteiger partial charge is 0.471 e. The minimum absolute atomic E-state index is 0.0230. The number of aliphatic hydroxyl groups excluding tert-OH is 1. The van der Waals surface area contributed by atoms with E-state index < -0.39 is 108 Å². The van der Waals surface area contributed by atoms with Crippen LogP contribution >= 0.6 is 0 Å². The number of nitrogens with one attached hydrogen (secondary N) is 1. The van der Waals surface area contributed by atoms with Gasteiger partial charge in [0.1, 0.15) is 23.2 Å². The molecule has 1 amide bonds. The Balaban J connectivity index is 1.58. The predicted octanol–water partition coefficient (Wildman–Crippen LogP) is 1.74. The van der Waals surface area contributed by atoms with Crippen molar-refractivity contribution in [1.82, 2.24) is 5.32 Å². The first-order chi connectivity index (χ1) is 19.5. The van der Waals surface area contributed by atoms with E-state index in [1.165, 1.54) is 31.2 Å². The number of alkyl halides is 3. The number of aromatic hydroxyl groups is 2. The third-order valence-corrected chi connectivity index (χ3v) is 8.03. The van der Waals surface area contributed by atoms with Gasteiger partial charge in [-0.2, -0.15) is 13.2 Å². The number of ketones is 3. The zero-order valence-corrected chi connectivity index (χ0v) is 22.2. The maximum atomic E-state index is 13.4. The molecule has 1 heterocycles. The van der Waals surface area contributed by atoms with Crippen molar-refractivity contribution in [2.45, 2.75) is 75.5 Å². The fourth-order valence-electron chi connectivity index (χ4n) is 5.78. The largest absolute Gasteiger partial charge is 0.507 e. The van der Waals surface area contributed by atoms with Gasteiger partial charge >= 0.3 is 12.1 Å². The number of hydrogen-bond donors (Lipinski definition) is 5. The lowest BCUT2D eigenvalue weighted by Crippen LogP contribution is -2.57. The van der Waals surface area contributed by atoms with Crippen molar-refractivity contribution in [3.8, 4) is 11.5 Å². The number of phenolic OH excluding ortho intramolecular Hbond substituents is 2. The van der Waals surface area contributed by atoms with Crippen LogP contribution in [0.5, 0.6) is 11.5 Å². The Bertz CT molecular complexity index is 1520. The van der Waals surface area contributed by atoms with E-state index in [1.807, 2.05) is 0 Å². The predicted molar refractivity (Wildman–Crippen MR) is 134 cm³/mol. The molecule has 11 nitrogen and oxygen atoms in total. The van der Waals surface area contributed by atoms with E-state index in [-0.39, 0.29) is 22.3 Å². The molecule has 5 rings (SSSR count). The SMILES string of the molecule is CC(=O)[C@]1(O)Cc2c(O)c3c(c(O)c2[C@@H](O[C@H]2CC(NC(=O)C(F)(F)F)[C@H](O)C(C)O2)C1)C(=O)c1ccccc1C3=O. The summed E-state index contributed by atoms with van der Waals surface area (Å²) in [6.45, 7) is 2.38. The van der Waals surface area contributed by atoms with Gasteiger partial charge in [-0.25, -0.2) is 0 Å². The first-order valence-electron chi connectivity index (χ1n) is 12.9. The van der Waals surface area contributed by atoms with Crippen LogP contribution in [0, 0.1) is 0 Å². The van der Waals surface area contributed by atoms with E-state index >= 15 is 0 Å². The molecule has 0 radical (unpaired) electrons. The van der Waals surface area contributed by atoms with Crippen molar-refractivity contribution in [3.63, 3.8) is 0 Å². The number of benzene rings is 2. The van der Waals surface area contributed by atoms with Gasteiger partial charge in [0.15, 0.2) is 23.6 Å². The molecule has 1 saturated heterocycles. The van der Waals surface area contributed by atoms with Crippen LogP contribution in [0.2, 0.25) is 0 Å². The fourth-order valence-corrected chi connectivity index (χ4v) is 5.78. The summed E-state index contributed by atoms with van der Waals surface area (Å²) in [6.07, 6.45) is -12.5. The van der Waals surface area contributed by atoms with Crippen LogP contribution in [-0.2, 0) is 25.5 Å². The van der Waals surface area contributed by atoms with Gasteiger partial charge in [0, 0.05) is 41.5 Å². The molecule has 2 unspecified atom stereocenters. The number of ether oxygens (including phenoxy) is 2. The summed E-state index contributed by atoms with van der Waals surface area (Å²) in [5.41, 5.74) is -3.73. The van der Waals surface area contributed by atoms with E-state index in [4.69, 9.17) is 9.47 Å². The second-order valence-electron chi connectivity index (χ2n) is 10.7. The summed E-state index contributed by atoms with van der Waals surface area (Å²) in [5.74, 6) is -6.09. The van der Waals surface area contributed by atoms with Crippen molar-refractivity contribution >= 4 is 23.3 Å². The highest BCUT2D eigenvalue weighted by molar-refractivity contribution is 6.30. The monoisotopic (exact) mass is 593 g/mol. The lowest BCUT2D eigenvalue weighted by Gasteiger charge is -2.42. The maximum absolute atomic E-state index is 13.4. The minimum Gasteiger partial charge on any atom is -0.507 e. The quantitative estimate of drug-likeness (QED) is 0.280. The number of rotatable bonds is 4. The molecule has 14 heteroatoms. The molecular weight excluding hydrogens is 567 g/mol. The zero-order valence-electron chi connectivity index (χ0n) is 22.2. The van der Waals surface area contributed by atoms with Crippen molar-refractivity contribution in [3.05, 3.63) is 57.6 Å². The van der Waals surface area contributed by atoms with Gasteiger partial charge in [0.25, 0.3) is 0 Å². The van der Waals surface area contributed by atoms with Crippen LogP contribution in [0.15, 0.2) is 24.3 Å². The van der Waals surface area contributed by atoms with Gasteiger partial charge in [-0.1, -0.05) is 24.3 Å². The van der Waals surface area contributed by atoms with Gasteiger partial charge < -0.3 is 35.2 Å². The number of fused-ring (bicyclic) bond motifs is 3. The molecule has 0 bridgehead atoms. The summed E-state index contributed by atoms with van der Waals surface area (Å²) in [7, 11) is 0. The van der Waals surface area contributed by atoms with E-state index in [1.54, 1.807) is 5.32 Å². The van der Waals surface area contributed by atoms with Gasteiger partial charge in [0.2, 0.25) is 0 Å². The zero-order chi connectivity index (χ0) is 30.9. The second-order valence-corrected chi connectivity index (χ2v) is 10.7. The van der Waals surface area contributed by atoms with E-state index in [0.29, 0.717) is 0 Å². The summed E-state index contributed by atoms with van der Waals surface area (Å²) in [6, 6.07) is 4.27. The van der Waals surface area contributed by atoms with E-state index in [9.17, 15) is 52.8 Å². The van der Waals surface area contributed by atoms with Gasteiger partial charge in [-0.05, 0) is 13.8 Å². The van der Waals surface area contributed by atoms with Crippen LogP contribution in [0.3, 0.4) is 0 Å².